The van der Waals surface area contributed by atoms with Crippen LogP contribution in [0.3, 0.4) is 0 Å². The lowest BCUT2D eigenvalue weighted by molar-refractivity contribution is -0.881. The number of anilines is 1. The zero-order chi connectivity index (χ0) is 21.8. The Morgan fingerprint density at radius 3 is 2.65 bits per heavy atom. The third kappa shape index (κ3) is 5.33. The van der Waals surface area contributed by atoms with E-state index in [0.717, 1.165) is 29.4 Å². The van der Waals surface area contributed by atoms with E-state index in [1.165, 1.54) is 6.07 Å². The Morgan fingerprint density at radius 1 is 1.06 bits per heavy atom. The Kier molecular flexibility index (Phi) is 6.72. The van der Waals surface area contributed by atoms with Gasteiger partial charge in [-0.05, 0) is 42.1 Å². The number of benzene rings is 2. The number of nitrogens with one attached hydrogen (secondary N) is 1. The standard InChI is InChI=1S/C23H25Cl2N3O3/c24-19-4-3-5-21(23(19)25)27-10-13-28(30,14-11-27)12-1-2-15-31-18-8-6-17-7-9-22(29)26-20(17)16-18/h3-9,16H,1-2,10-15H2,(H,26,29). The highest BCUT2D eigenvalue weighted by Gasteiger charge is 2.26. The lowest BCUT2D eigenvalue weighted by Crippen LogP contribution is -2.56. The number of piperazine rings is 1. The first-order valence-electron chi connectivity index (χ1n) is 10.5. The number of rotatable bonds is 7. The van der Waals surface area contributed by atoms with Crippen molar-refractivity contribution in [3.63, 3.8) is 0 Å². The summed E-state index contributed by atoms with van der Waals surface area (Å²) in [5, 5.41) is 15.1. The smallest absolute Gasteiger partial charge is 0.248 e. The van der Waals surface area contributed by atoms with Gasteiger partial charge in [0.25, 0.3) is 0 Å². The number of aromatic nitrogens is 1. The molecule has 0 radical (unpaired) electrons. The Bertz CT molecular complexity index is 1110. The summed E-state index contributed by atoms with van der Waals surface area (Å²) in [6.45, 7) is 3.49. The van der Waals surface area contributed by atoms with Crippen LogP contribution < -0.4 is 15.2 Å². The topological polar surface area (TPSA) is 68.4 Å². The van der Waals surface area contributed by atoms with Gasteiger partial charge in [0.2, 0.25) is 5.56 Å². The minimum atomic E-state index is -0.189. The van der Waals surface area contributed by atoms with Crippen LogP contribution in [-0.4, -0.2) is 49.0 Å². The Labute approximate surface area is 191 Å². The summed E-state index contributed by atoms with van der Waals surface area (Å²) >= 11 is 12.4. The number of hydrogen-bond acceptors (Lipinski definition) is 4. The van der Waals surface area contributed by atoms with Gasteiger partial charge in [-0.15, -0.1) is 0 Å². The van der Waals surface area contributed by atoms with Gasteiger partial charge in [0.15, 0.2) is 0 Å². The first-order chi connectivity index (χ1) is 14.9. The van der Waals surface area contributed by atoms with Crippen molar-refractivity contribution >= 4 is 39.8 Å². The number of unbranched alkanes of at least 4 members (excludes halogenated alkanes) is 1. The largest absolute Gasteiger partial charge is 0.633 e. The quantitative estimate of drug-likeness (QED) is 0.310. The van der Waals surface area contributed by atoms with Crippen LogP contribution in [-0.2, 0) is 0 Å². The fourth-order valence-corrected chi connectivity index (χ4v) is 4.36. The van der Waals surface area contributed by atoms with Crippen LogP contribution in [0.1, 0.15) is 12.8 Å². The molecule has 1 saturated heterocycles. The molecule has 2 heterocycles. The summed E-state index contributed by atoms with van der Waals surface area (Å²) in [5.41, 5.74) is 1.52. The van der Waals surface area contributed by atoms with E-state index in [1.807, 2.05) is 30.3 Å². The summed E-state index contributed by atoms with van der Waals surface area (Å²) in [7, 11) is 0. The molecule has 0 bridgehead atoms. The number of quaternary nitrogens is 1. The van der Waals surface area contributed by atoms with Crippen molar-refractivity contribution in [1.82, 2.24) is 4.98 Å². The summed E-state index contributed by atoms with van der Waals surface area (Å²) in [6.07, 6.45) is 1.60. The van der Waals surface area contributed by atoms with Gasteiger partial charge >= 0.3 is 0 Å². The number of pyridine rings is 1. The van der Waals surface area contributed by atoms with Gasteiger partial charge in [-0.1, -0.05) is 29.3 Å². The van der Waals surface area contributed by atoms with Gasteiger partial charge in [0.05, 0.1) is 60.6 Å². The molecule has 4 rings (SSSR count). The lowest BCUT2D eigenvalue weighted by Gasteiger charge is -2.49. The molecule has 2 aromatic carbocycles. The van der Waals surface area contributed by atoms with Crippen molar-refractivity contribution in [3.8, 4) is 5.75 Å². The third-order valence-electron chi connectivity index (χ3n) is 5.75. The molecule has 6 nitrogen and oxygen atoms in total. The zero-order valence-electron chi connectivity index (χ0n) is 17.2. The minimum absolute atomic E-state index is 0.133. The second-order valence-corrected chi connectivity index (χ2v) is 8.70. The average molecular weight is 462 g/mol. The molecular formula is C23H25Cl2N3O3. The first kappa shape index (κ1) is 22.0. The fourth-order valence-electron chi connectivity index (χ4n) is 3.94. The molecule has 1 fully saturated rings. The van der Waals surface area contributed by atoms with Gasteiger partial charge in [-0.3, -0.25) is 4.79 Å². The van der Waals surface area contributed by atoms with Gasteiger partial charge in [0, 0.05) is 18.6 Å². The fraction of sp³-hybridized carbons (Fsp3) is 0.348. The normalized spacial score (nSPS) is 15.9. The number of hydrogen-bond donors (Lipinski definition) is 1. The van der Waals surface area contributed by atoms with Crippen molar-refractivity contribution in [2.75, 3.05) is 44.2 Å². The number of H-pyrrole nitrogens is 1. The predicted octanol–water partition coefficient (Wildman–Crippen LogP) is 4.83. The maximum atomic E-state index is 13.0. The number of ether oxygens (including phenoxy) is 1. The molecule has 1 N–H and O–H groups in total. The van der Waals surface area contributed by atoms with Crippen LogP contribution in [0.15, 0.2) is 53.3 Å². The van der Waals surface area contributed by atoms with E-state index < -0.39 is 0 Å². The van der Waals surface area contributed by atoms with Crippen molar-refractivity contribution in [2.45, 2.75) is 12.8 Å². The van der Waals surface area contributed by atoms with E-state index in [0.29, 0.717) is 55.1 Å². The maximum Gasteiger partial charge on any atom is 0.248 e. The van der Waals surface area contributed by atoms with Crippen LogP contribution >= 0.6 is 23.2 Å². The molecule has 3 aromatic rings. The Morgan fingerprint density at radius 2 is 1.84 bits per heavy atom. The number of nitrogens with zero attached hydrogens (tertiary/aromatic N) is 2. The summed E-state index contributed by atoms with van der Waals surface area (Å²) in [4.78, 5) is 16.4. The van der Waals surface area contributed by atoms with Crippen molar-refractivity contribution < 1.29 is 9.38 Å². The van der Waals surface area contributed by atoms with E-state index in [9.17, 15) is 10.0 Å². The molecule has 1 aliphatic rings. The lowest BCUT2D eigenvalue weighted by atomic mass is 10.2. The SMILES string of the molecule is O=c1ccc2ccc(OCCCC[N+]3([O-])CCN(c4cccc(Cl)c4Cl)CC3)cc2[nH]1. The van der Waals surface area contributed by atoms with E-state index in [-0.39, 0.29) is 10.2 Å². The first-order valence-corrected chi connectivity index (χ1v) is 11.2. The van der Waals surface area contributed by atoms with E-state index in [1.54, 1.807) is 12.1 Å². The third-order valence-corrected chi connectivity index (χ3v) is 6.56. The average Bonchev–Trinajstić information content (AvgIpc) is 2.76. The predicted molar refractivity (Wildman–Crippen MR) is 126 cm³/mol. The van der Waals surface area contributed by atoms with Gasteiger partial charge < -0.3 is 24.5 Å². The van der Waals surface area contributed by atoms with Crippen LogP contribution in [0.4, 0.5) is 5.69 Å². The van der Waals surface area contributed by atoms with Crippen LogP contribution in [0.25, 0.3) is 10.9 Å². The molecular weight excluding hydrogens is 437 g/mol. The number of hydroxylamine groups is 3. The highest BCUT2D eigenvalue weighted by molar-refractivity contribution is 6.43. The number of halogens is 2. The Hall–Kier alpha value is -2.25. The summed E-state index contributed by atoms with van der Waals surface area (Å²) in [5.74, 6) is 0.715. The molecule has 0 amide bonds. The van der Waals surface area contributed by atoms with E-state index >= 15 is 0 Å². The highest BCUT2D eigenvalue weighted by atomic mass is 35.5. The second kappa shape index (κ2) is 9.49. The minimum Gasteiger partial charge on any atom is -0.633 e. The number of fused-ring (bicyclic) bond motifs is 1. The van der Waals surface area contributed by atoms with Crippen molar-refractivity contribution in [1.29, 1.82) is 0 Å². The van der Waals surface area contributed by atoms with Crippen LogP contribution in [0.5, 0.6) is 5.75 Å². The van der Waals surface area contributed by atoms with Gasteiger partial charge in [-0.2, -0.15) is 0 Å². The second-order valence-electron chi connectivity index (χ2n) is 7.92. The van der Waals surface area contributed by atoms with Gasteiger partial charge in [0.1, 0.15) is 5.75 Å². The monoisotopic (exact) mass is 461 g/mol. The molecule has 0 aliphatic carbocycles. The van der Waals surface area contributed by atoms with Crippen LogP contribution in [0, 0.1) is 5.21 Å². The highest BCUT2D eigenvalue weighted by Crippen LogP contribution is 2.33. The molecule has 0 unspecified atom stereocenters. The Balaban J connectivity index is 1.22. The summed E-state index contributed by atoms with van der Waals surface area (Å²) < 4.78 is 5.62. The van der Waals surface area contributed by atoms with Crippen molar-refractivity contribution in [2.24, 2.45) is 0 Å². The molecule has 0 saturated carbocycles. The van der Waals surface area contributed by atoms with Crippen LogP contribution in [0.2, 0.25) is 10.0 Å². The molecule has 164 valence electrons. The molecule has 0 atom stereocenters. The van der Waals surface area contributed by atoms with Crippen molar-refractivity contribution in [3.05, 3.63) is 74.1 Å². The molecule has 1 aromatic heterocycles. The zero-order valence-corrected chi connectivity index (χ0v) is 18.7. The molecule has 8 heteroatoms. The van der Waals surface area contributed by atoms with E-state index in [2.05, 4.69) is 9.88 Å². The molecule has 31 heavy (non-hydrogen) atoms. The van der Waals surface area contributed by atoms with Gasteiger partial charge in [-0.25, -0.2) is 0 Å². The summed E-state index contributed by atoms with van der Waals surface area (Å²) in [6, 6.07) is 14.5. The molecule has 0 spiro atoms. The number of aromatic amines is 1. The van der Waals surface area contributed by atoms with E-state index in [4.69, 9.17) is 27.9 Å². The maximum absolute atomic E-state index is 13.0. The molecule has 1 aliphatic heterocycles.